The summed E-state index contributed by atoms with van der Waals surface area (Å²) >= 11 is 0. The number of amides is 1. The molecule has 3 nitrogen and oxygen atoms in total. The molecule has 0 atom stereocenters. The molecular weight excluding hydrogens is 226 g/mol. The molecule has 1 N–H and O–H groups in total. The van der Waals surface area contributed by atoms with Gasteiger partial charge in [-0.05, 0) is 31.9 Å². The zero-order valence-electron chi connectivity index (χ0n) is 11.5. The predicted molar refractivity (Wildman–Crippen MR) is 71.6 cm³/mol. The van der Waals surface area contributed by atoms with Gasteiger partial charge in [0.25, 0.3) is 5.91 Å². The van der Waals surface area contributed by atoms with Gasteiger partial charge in [-0.3, -0.25) is 4.79 Å². The van der Waals surface area contributed by atoms with Crippen molar-refractivity contribution in [3.8, 4) is 0 Å². The monoisotopic (exact) mass is 247 g/mol. The Labute approximate surface area is 108 Å². The first-order valence-electron chi connectivity index (χ1n) is 6.42. The van der Waals surface area contributed by atoms with Gasteiger partial charge < -0.3 is 10.0 Å². The van der Waals surface area contributed by atoms with E-state index < -0.39 is 5.60 Å². The second-order valence-corrected chi connectivity index (χ2v) is 5.80. The van der Waals surface area contributed by atoms with Crippen molar-refractivity contribution in [3.63, 3.8) is 0 Å². The van der Waals surface area contributed by atoms with Crippen LogP contribution in [0.5, 0.6) is 0 Å². The zero-order valence-corrected chi connectivity index (χ0v) is 11.5. The third-order valence-corrected chi connectivity index (χ3v) is 3.76. The first-order valence-corrected chi connectivity index (χ1v) is 6.42. The molecule has 1 aliphatic heterocycles. The Morgan fingerprint density at radius 3 is 2.17 bits per heavy atom. The average Bonchev–Trinajstić information content (AvgIpc) is 2.22. The van der Waals surface area contributed by atoms with Crippen LogP contribution in [0.4, 0.5) is 0 Å². The summed E-state index contributed by atoms with van der Waals surface area (Å²) in [6.07, 6.45) is 0. The Morgan fingerprint density at radius 1 is 1.22 bits per heavy atom. The smallest absolute Gasteiger partial charge is 0.254 e. The minimum Gasteiger partial charge on any atom is -0.386 e. The minimum atomic E-state index is -0.700. The number of aryl methyl sites for hydroxylation is 2. The van der Waals surface area contributed by atoms with Gasteiger partial charge in [-0.1, -0.05) is 31.0 Å². The summed E-state index contributed by atoms with van der Waals surface area (Å²) in [6.45, 7) is 8.83. The van der Waals surface area contributed by atoms with E-state index in [2.05, 4.69) is 6.07 Å². The van der Waals surface area contributed by atoms with Crippen LogP contribution in [0.15, 0.2) is 18.2 Å². The largest absolute Gasteiger partial charge is 0.386 e. The van der Waals surface area contributed by atoms with E-state index in [0.29, 0.717) is 13.1 Å². The van der Waals surface area contributed by atoms with Crippen molar-refractivity contribution in [2.45, 2.75) is 33.3 Å². The fourth-order valence-corrected chi connectivity index (χ4v) is 2.40. The van der Waals surface area contributed by atoms with Gasteiger partial charge in [0.05, 0.1) is 13.1 Å². The third kappa shape index (κ3) is 2.27. The summed E-state index contributed by atoms with van der Waals surface area (Å²) in [7, 11) is 0. The summed E-state index contributed by atoms with van der Waals surface area (Å²) in [5, 5.41) is 10.2. The lowest BCUT2D eigenvalue weighted by molar-refractivity contribution is -0.110. The van der Waals surface area contributed by atoms with Gasteiger partial charge >= 0.3 is 0 Å². The van der Waals surface area contributed by atoms with E-state index in [-0.39, 0.29) is 11.8 Å². The highest BCUT2D eigenvalue weighted by Gasteiger charge is 2.45. The lowest BCUT2D eigenvalue weighted by atomic mass is 9.82. The normalized spacial score (nSPS) is 17.8. The molecule has 2 rings (SSSR count). The summed E-state index contributed by atoms with van der Waals surface area (Å²) in [4.78, 5) is 14.0. The van der Waals surface area contributed by atoms with E-state index in [4.69, 9.17) is 0 Å². The van der Waals surface area contributed by atoms with Crippen molar-refractivity contribution in [3.05, 3.63) is 34.9 Å². The first kappa shape index (κ1) is 13.1. The maximum atomic E-state index is 12.3. The highest BCUT2D eigenvalue weighted by molar-refractivity contribution is 5.95. The Kier molecular flexibility index (Phi) is 3.20. The average molecular weight is 247 g/mol. The Hall–Kier alpha value is -1.35. The molecule has 1 saturated heterocycles. The fourth-order valence-electron chi connectivity index (χ4n) is 2.40. The van der Waals surface area contributed by atoms with Gasteiger partial charge in [0.15, 0.2) is 0 Å². The maximum Gasteiger partial charge on any atom is 0.254 e. The summed E-state index contributed by atoms with van der Waals surface area (Å²) in [5.74, 6) is 0.202. The van der Waals surface area contributed by atoms with Crippen LogP contribution in [0.25, 0.3) is 0 Å². The fraction of sp³-hybridized carbons (Fsp3) is 0.533. The lowest BCUT2D eigenvalue weighted by Gasteiger charge is -2.49. The van der Waals surface area contributed by atoms with Crippen molar-refractivity contribution in [1.82, 2.24) is 4.90 Å². The molecule has 0 saturated carbocycles. The number of hydrogen-bond acceptors (Lipinski definition) is 2. The molecule has 0 aliphatic carbocycles. The molecule has 0 radical (unpaired) electrons. The highest BCUT2D eigenvalue weighted by atomic mass is 16.3. The number of nitrogens with zero attached hydrogens (tertiary/aromatic N) is 1. The van der Waals surface area contributed by atoms with E-state index in [9.17, 15) is 9.90 Å². The molecule has 98 valence electrons. The highest BCUT2D eigenvalue weighted by Crippen LogP contribution is 2.29. The Bertz CT molecular complexity index is 453. The third-order valence-electron chi connectivity index (χ3n) is 3.76. The van der Waals surface area contributed by atoms with Gasteiger partial charge in [-0.15, -0.1) is 0 Å². The Morgan fingerprint density at radius 2 is 1.72 bits per heavy atom. The van der Waals surface area contributed by atoms with Crippen LogP contribution in [0.3, 0.4) is 0 Å². The van der Waals surface area contributed by atoms with E-state index in [1.807, 2.05) is 39.8 Å². The molecule has 0 aromatic heterocycles. The van der Waals surface area contributed by atoms with Gasteiger partial charge in [-0.25, -0.2) is 0 Å². The minimum absolute atomic E-state index is 0.0205. The molecule has 1 aliphatic rings. The number of carbonyl (C=O) groups is 1. The zero-order chi connectivity index (χ0) is 13.5. The number of β-amino-alcohol motifs (C(OH)–C–C–N with tert-alkyl or cyclic N) is 1. The molecular formula is C15H21NO2. The van der Waals surface area contributed by atoms with Crippen LogP contribution in [-0.4, -0.2) is 34.6 Å². The lowest BCUT2D eigenvalue weighted by Crippen LogP contribution is -2.65. The first-order chi connectivity index (χ1) is 8.32. The van der Waals surface area contributed by atoms with Gasteiger partial charge in [0, 0.05) is 5.56 Å². The van der Waals surface area contributed by atoms with Crippen molar-refractivity contribution in [2.75, 3.05) is 13.1 Å². The molecule has 18 heavy (non-hydrogen) atoms. The number of carbonyl (C=O) groups excluding carboxylic acids is 1. The van der Waals surface area contributed by atoms with Crippen LogP contribution < -0.4 is 0 Å². The molecule has 1 amide bonds. The Balaban J connectivity index is 2.10. The molecule has 0 bridgehead atoms. The van der Waals surface area contributed by atoms with Crippen LogP contribution in [0, 0.1) is 19.8 Å². The van der Waals surface area contributed by atoms with Gasteiger partial charge in [-0.2, -0.15) is 0 Å². The SMILES string of the molecule is Cc1cc(C)cc(C(=O)N2CC(O)(C(C)C)C2)c1. The van der Waals surface area contributed by atoms with E-state index >= 15 is 0 Å². The molecule has 1 fully saturated rings. The van der Waals surface area contributed by atoms with Crippen LogP contribution >= 0.6 is 0 Å². The number of rotatable bonds is 2. The quantitative estimate of drug-likeness (QED) is 0.870. The molecule has 3 heteroatoms. The van der Waals surface area contributed by atoms with Crippen molar-refractivity contribution in [2.24, 2.45) is 5.92 Å². The van der Waals surface area contributed by atoms with Gasteiger partial charge in [0.2, 0.25) is 0 Å². The summed E-state index contributed by atoms with van der Waals surface area (Å²) in [5.41, 5.74) is 2.21. The second-order valence-electron chi connectivity index (χ2n) is 5.80. The van der Waals surface area contributed by atoms with Crippen LogP contribution in [0.2, 0.25) is 0 Å². The van der Waals surface area contributed by atoms with E-state index in [1.165, 1.54) is 0 Å². The van der Waals surface area contributed by atoms with E-state index in [1.54, 1.807) is 4.90 Å². The van der Waals surface area contributed by atoms with Crippen molar-refractivity contribution in [1.29, 1.82) is 0 Å². The van der Waals surface area contributed by atoms with Crippen LogP contribution in [0.1, 0.15) is 35.3 Å². The molecule has 1 aromatic carbocycles. The predicted octanol–water partition coefficient (Wildman–Crippen LogP) is 2.15. The summed E-state index contributed by atoms with van der Waals surface area (Å²) < 4.78 is 0. The molecule has 0 unspecified atom stereocenters. The van der Waals surface area contributed by atoms with E-state index in [0.717, 1.165) is 16.7 Å². The molecule has 0 spiro atoms. The maximum absolute atomic E-state index is 12.3. The summed E-state index contributed by atoms with van der Waals surface area (Å²) in [6, 6.07) is 5.86. The number of hydrogen-bond donors (Lipinski definition) is 1. The van der Waals surface area contributed by atoms with Gasteiger partial charge in [0.1, 0.15) is 5.60 Å². The second kappa shape index (κ2) is 4.39. The molecule has 1 aromatic rings. The topological polar surface area (TPSA) is 40.5 Å². The van der Waals surface area contributed by atoms with Crippen LogP contribution in [-0.2, 0) is 0 Å². The number of benzene rings is 1. The van der Waals surface area contributed by atoms with Crippen molar-refractivity contribution < 1.29 is 9.90 Å². The number of aliphatic hydroxyl groups is 1. The standard InChI is InChI=1S/C15H21NO2/c1-10(2)15(18)8-16(9-15)14(17)13-6-11(3)5-12(4)7-13/h5-7,10,18H,8-9H2,1-4H3. The number of likely N-dealkylation sites (tertiary alicyclic amines) is 1. The van der Waals surface area contributed by atoms with Crippen molar-refractivity contribution >= 4 is 5.91 Å². The molecule has 1 heterocycles.